The zero-order chi connectivity index (χ0) is 21.5. The van der Waals surface area contributed by atoms with Gasteiger partial charge in [0.05, 0.1) is 12.5 Å². The van der Waals surface area contributed by atoms with Crippen molar-refractivity contribution in [2.45, 2.75) is 57.9 Å². The molecule has 1 saturated carbocycles. The minimum atomic E-state index is -0.668. The van der Waals surface area contributed by atoms with Gasteiger partial charge in [-0.2, -0.15) is 0 Å². The summed E-state index contributed by atoms with van der Waals surface area (Å²) in [6.07, 6.45) is 6.52. The molecule has 3 N–H and O–H groups in total. The van der Waals surface area contributed by atoms with Gasteiger partial charge < -0.3 is 5.32 Å². The number of hydrogen-bond donors (Lipinski definition) is 3. The second-order valence-electron chi connectivity index (χ2n) is 8.09. The molecule has 9 heteroatoms. The molecule has 0 radical (unpaired) electrons. The van der Waals surface area contributed by atoms with E-state index in [0.717, 1.165) is 37.8 Å². The minimum Gasteiger partial charge on any atom is -0.309 e. The lowest BCUT2D eigenvalue weighted by molar-refractivity contribution is -0.159. The Morgan fingerprint density at radius 3 is 2.83 bits per heavy atom. The number of anilines is 1. The average molecular weight is 418 g/mol. The van der Waals surface area contributed by atoms with Gasteiger partial charge in [-0.25, -0.2) is 15.5 Å². The predicted octanol–water partition coefficient (Wildman–Crippen LogP) is 1.73. The van der Waals surface area contributed by atoms with E-state index in [0.29, 0.717) is 42.6 Å². The molecule has 1 aliphatic heterocycles. The minimum absolute atomic E-state index is 0.0779. The molecule has 9 nitrogen and oxygen atoms in total. The topological polar surface area (TPSA) is 115 Å². The number of hydrogen-bond acceptors (Lipinski definition) is 6. The molecule has 30 heavy (non-hydrogen) atoms. The third-order valence-corrected chi connectivity index (χ3v) is 5.94. The Kier molecular flexibility index (Phi) is 7.75. The Labute approximate surface area is 176 Å². The summed E-state index contributed by atoms with van der Waals surface area (Å²) >= 11 is 0. The van der Waals surface area contributed by atoms with Gasteiger partial charge in [0.15, 0.2) is 0 Å². The first-order valence-electron chi connectivity index (χ1n) is 10.8. The van der Waals surface area contributed by atoms with Gasteiger partial charge in [0.25, 0.3) is 0 Å². The molecule has 0 bridgehead atoms. The van der Waals surface area contributed by atoms with Gasteiger partial charge in [-0.15, -0.1) is 0 Å². The molecule has 2 aliphatic rings. The molecule has 3 rings (SSSR count). The Morgan fingerprint density at radius 2 is 2.13 bits per heavy atom. The summed E-state index contributed by atoms with van der Waals surface area (Å²) in [6.45, 7) is 2.41. The lowest BCUT2D eigenvalue weighted by atomic mass is 9.92. The van der Waals surface area contributed by atoms with Crippen molar-refractivity contribution in [3.63, 3.8) is 0 Å². The molecule has 0 spiro atoms. The summed E-state index contributed by atoms with van der Waals surface area (Å²) in [5.74, 6) is -0.273. The fourth-order valence-electron chi connectivity index (χ4n) is 4.36. The quantitative estimate of drug-likeness (QED) is 0.320. The lowest BCUT2D eigenvalue weighted by Gasteiger charge is -2.29. The van der Waals surface area contributed by atoms with Crippen LogP contribution in [0.3, 0.4) is 0 Å². The zero-order valence-corrected chi connectivity index (χ0v) is 17.4. The summed E-state index contributed by atoms with van der Waals surface area (Å²) in [6, 6.07) is 4.79. The fourth-order valence-corrected chi connectivity index (χ4v) is 4.36. The van der Waals surface area contributed by atoms with E-state index >= 15 is 0 Å². The monoisotopic (exact) mass is 417 g/mol. The highest BCUT2D eigenvalue weighted by molar-refractivity contribution is 5.97. The molecule has 2 fully saturated rings. The van der Waals surface area contributed by atoms with Crippen molar-refractivity contribution in [3.05, 3.63) is 23.9 Å². The van der Waals surface area contributed by atoms with Crippen LogP contribution in [-0.4, -0.2) is 57.6 Å². The average Bonchev–Trinajstić information content (AvgIpc) is 3.44. The fraction of sp³-hybridized carbons (Fsp3) is 0.619. The van der Waals surface area contributed by atoms with Crippen molar-refractivity contribution in [2.24, 2.45) is 11.8 Å². The number of nitrogens with zero attached hydrogens (tertiary/aromatic N) is 3. The van der Waals surface area contributed by atoms with Gasteiger partial charge in [0.2, 0.25) is 18.2 Å². The van der Waals surface area contributed by atoms with Crippen LogP contribution in [0.25, 0.3) is 0 Å². The van der Waals surface area contributed by atoms with Crippen molar-refractivity contribution in [1.82, 2.24) is 20.5 Å². The predicted molar refractivity (Wildman–Crippen MR) is 110 cm³/mol. The number of hydroxylamine groups is 2. The van der Waals surface area contributed by atoms with Gasteiger partial charge in [0, 0.05) is 12.2 Å². The maximum Gasteiger partial charge on any atom is 0.250 e. The van der Waals surface area contributed by atoms with E-state index in [1.54, 1.807) is 6.07 Å². The van der Waals surface area contributed by atoms with Crippen molar-refractivity contribution in [1.29, 1.82) is 0 Å². The van der Waals surface area contributed by atoms with Crippen molar-refractivity contribution in [3.8, 4) is 0 Å². The standard InChI is InChI=1S/C21H31N5O4/c1-2-17-8-5-9-19(23-17)24-20(28)18-10-11-22-26(18)21(29)16(13-25(30)14-27)12-15-6-3-4-7-15/h5,8-9,14-16,18,22,30H,2-4,6-7,10-13H2,1H3,(H,23,24,28)/t16-,18+/m1/s1. The Hall–Kier alpha value is -2.52. The number of aromatic nitrogens is 1. The van der Waals surface area contributed by atoms with E-state index in [4.69, 9.17) is 0 Å². The van der Waals surface area contributed by atoms with Crippen LogP contribution in [0.1, 0.15) is 51.1 Å². The van der Waals surface area contributed by atoms with Crippen LogP contribution in [0.4, 0.5) is 5.82 Å². The van der Waals surface area contributed by atoms with Crippen LogP contribution in [0.2, 0.25) is 0 Å². The molecule has 2 heterocycles. The molecule has 1 aromatic rings. The molecule has 2 atom stereocenters. The van der Waals surface area contributed by atoms with Crippen LogP contribution >= 0.6 is 0 Å². The Morgan fingerprint density at radius 1 is 1.37 bits per heavy atom. The van der Waals surface area contributed by atoms with Gasteiger partial charge >= 0.3 is 0 Å². The largest absolute Gasteiger partial charge is 0.309 e. The van der Waals surface area contributed by atoms with Crippen LogP contribution in [-0.2, 0) is 20.8 Å². The summed E-state index contributed by atoms with van der Waals surface area (Å²) in [7, 11) is 0. The maximum absolute atomic E-state index is 13.3. The summed E-state index contributed by atoms with van der Waals surface area (Å²) in [5.41, 5.74) is 3.88. The zero-order valence-electron chi connectivity index (χ0n) is 17.4. The molecular formula is C21H31N5O4. The van der Waals surface area contributed by atoms with Gasteiger partial charge in [-0.05, 0) is 37.3 Å². The van der Waals surface area contributed by atoms with E-state index in [-0.39, 0.29) is 18.4 Å². The van der Waals surface area contributed by atoms with Gasteiger partial charge in [-0.3, -0.25) is 24.6 Å². The van der Waals surface area contributed by atoms with Crippen LogP contribution in [0, 0.1) is 11.8 Å². The SMILES string of the molecule is CCc1cccc(NC(=O)[C@@H]2CCNN2C(=O)[C@H](CC2CCCC2)CN(O)C=O)n1. The molecule has 0 unspecified atom stereocenters. The molecule has 1 saturated heterocycles. The molecule has 1 aliphatic carbocycles. The molecular weight excluding hydrogens is 386 g/mol. The second-order valence-corrected chi connectivity index (χ2v) is 8.09. The third-order valence-electron chi connectivity index (χ3n) is 5.94. The number of carbonyl (C=O) groups excluding carboxylic acids is 3. The highest BCUT2D eigenvalue weighted by Gasteiger charge is 2.39. The maximum atomic E-state index is 13.3. The van der Waals surface area contributed by atoms with Crippen LogP contribution in [0.15, 0.2) is 18.2 Å². The van der Waals surface area contributed by atoms with E-state index in [2.05, 4.69) is 15.7 Å². The first kappa shape index (κ1) is 22.2. The smallest absolute Gasteiger partial charge is 0.250 e. The van der Waals surface area contributed by atoms with Gasteiger partial charge in [-0.1, -0.05) is 38.7 Å². The summed E-state index contributed by atoms with van der Waals surface area (Å²) in [5, 5.41) is 14.4. The number of hydrazine groups is 1. The molecule has 164 valence electrons. The number of rotatable bonds is 9. The normalized spacial score (nSPS) is 20.2. The van der Waals surface area contributed by atoms with Crippen molar-refractivity contribution >= 4 is 24.0 Å². The number of aryl methyl sites for hydroxylation is 1. The second kappa shape index (κ2) is 10.5. The Bertz CT molecular complexity index is 753. The van der Waals surface area contributed by atoms with Crippen LogP contribution < -0.4 is 10.7 Å². The highest BCUT2D eigenvalue weighted by atomic mass is 16.5. The summed E-state index contributed by atoms with van der Waals surface area (Å²) < 4.78 is 0. The first-order valence-corrected chi connectivity index (χ1v) is 10.8. The number of pyridine rings is 1. The lowest BCUT2D eigenvalue weighted by Crippen LogP contribution is -2.51. The molecule has 3 amide bonds. The third kappa shape index (κ3) is 5.54. The molecule has 0 aromatic carbocycles. The number of carbonyl (C=O) groups is 3. The van der Waals surface area contributed by atoms with E-state index in [1.807, 2.05) is 19.1 Å². The van der Waals surface area contributed by atoms with Crippen molar-refractivity contribution < 1.29 is 19.6 Å². The van der Waals surface area contributed by atoms with Crippen LogP contribution in [0.5, 0.6) is 0 Å². The van der Waals surface area contributed by atoms with Crippen molar-refractivity contribution in [2.75, 3.05) is 18.4 Å². The molecule has 1 aromatic heterocycles. The first-order chi connectivity index (χ1) is 14.5. The Balaban J connectivity index is 1.69. The number of nitrogens with one attached hydrogen (secondary N) is 2. The summed E-state index contributed by atoms with van der Waals surface area (Å²) in [4.78, 5) is 41.4. The number of amides is 3. The van der Waals surface area contributed by atoms with E-state index in [1.165, 1.54) is 5.01 Å². The van der Waals surface area contributed by atoms with Gasteiger partial charge in [0.1, 0.15) is 11.9 Å². The van der Waals surface area contributed by atoms with E-state index in [9.17, 15) is 19.6 Å². The highest BCUT2D eigenvalue weighted by Crippen LogP contribution is 2.31. The van der Waals surface area contributed by atoms with E-state index < -0.39 is 12.0 Å².